The maximum atomic E-state index is 10.9. The molecule has 1 heterocycles. The third-order valence-corrected chi connectivity index (χ3v) is 3.37. The number of hydrogen-bond donors (Lipinski definition) is 1. The average molecular weight is 258 g/mol. The van der Waals surface area contributed by atoms with Gasteiger partial charge in [-0.25, -0.2) is 4.68 Å². The van der Waals surface area contributed by atoms with Crippen LogP contribution in [0.2, 0.25) is 0 Å². The number of carbonyl (C=O) groups is 1. The van der Waals surface area contributed by atoms with Crippen molar-refractivity contribution in [3.8, 4) is 5.69 Å². The van der Waals surface area contributed by atoms with Crippen molar-refractivity contribution in [1.82, 2.24) is 9.78 Å². The van der Waals surface area contributed by atoms with E-state index in [9.17, 15) is 4.79 Å². The molecule has 1 N–H and O–H groups in total. The maximum Gasteiger partial charge on any atom is 0.307 e. The highest BCUT2D eigenvalue weighted by Gasteiger charge is 2.16. The third kappa shape index (κ3) is 2.52. The highest BCUT2D eigenvalue weighted by Crippen LogP contribution is 2.21. The molecule has 100 valence electrons. The number of para-hydroxylation sites is 1. The first-order valence-corrected chi connectivity index (χ1v) is 6.39. The fourth-order valence-corrected chi connectivity index (χ4v) is 2.33. The van der Waals surface area contributed by atoms with Crippen LogP contribution in [0, 0.1) is 13.8 Å². The van der Waals surface area contributed by atoms with Crippen molar-refractivity contribution in [1.29, 1.82) is 0 Å². The first-order valence-electron chi connectivity index (χ1n) is 6.39. The van der Waals surface area contributed by atoms with Crippen LogP contribution in [0.25, 0.3) is 5.69 Å². The van der Waals surface area contributed by atoms with Gasteiger partial charge in [-0.15, -0.1) is 0 Å². The predicted octanol–water partition coefficient (Wildman–Crippen LogP) is 2.68. The number of carboxylic acid groups (broad SMARTS) is 1. The zero-order valence-electron chi connectivity index (χ0n) is 11.5. The van der Waals surface area contributed by atoms with Gasteiger partial charge in [-0.3, -0.25) is 4.79 Å². The van der Waals surface area contributed by atoms with Gasteiger partial charge in [0.2, 0.25) is 0 Å². The molecule has 0 unspecified atom stereocenters. The van der Waals surface area contributed by atoms with Gasteiger partial charge in [0.05, 0.1) is 17.8 Å². The molecule has 0 amide bonds. The highest BCUT2D eigenvalue weighted by molar-refractivity contribution is 5.71. The van der Waals surface area contributed by atoms with Gasteiger partial charge >= 0.3 is 5.97 Å². The lowest BCUT2D eigenvalue weighted by atomic mass is 10.1. The number of benzene rings is 1. The van der Waals surface area contributed by atoms with Gasteiger partial charge in [0.1, 0.15) is 0 Å². The third-order valence-electron chi connectivity index (χ3n) is 3.37. The first kappa shape index (κ1) is 13.3. The van der Waals surface area contributed by atoms with Crippen molar-refractivity contribution in [3.05, 3.63) is 46.8 Å². The number of aryl methyl sites for hydroxylation is 2. The Morgan fingerprint density at radius 2 is 2.00 bits per heavy atom. The summed E-state index contributed by atoms with van der Waals surface area (Å²) in [6.45, 7) is 5.88. The van der Waals surface area contributed by atoms with Crippen molar-refractivity contribution in [3.63, 3.8) is 0 Å². The molecule has 0 aliphatic carbocycles. The summed E-state index contributed by atoms with van der Waals surface area (Å²) in [5.41, 5.74) is 4.72. The summed E-state index contributed by atoms with van der Waals surface area (Å²) >= 11 is 0. The molecular weight excluding hydrogens is 240 g/mol. The molecule has 1 aromatic heterocycles. The van der Waals surface area contributed by atoms with Crippen LogP contribution in [-0.2, 0) is 17.6 Å². The van der Waals surface area contributed by atoms with E-state index in [-0.39, 0.29) is 6.42 Å². The van der Waals surface area contributed by atoms with Gasteiger partial charge in [-0.1, -0.05) is 25.1 Å². The Bertz CT molecular complexity index is 615. The predicted molar refractivity (Wildman–Crippen MR) is 73.8 cm³/mol. The van der Waals surface area contributed by atoms with Crippen molar-refractivity contribution < 1.29 is 9.90 Å². The van der Waals surface area contributed by atoms with Crippen molar-refractivity contribution in [2.24, 2.45) is 0 Å². The minimum atomic E-state index is -0.825. The van der Waals surface area contributed by atoms with Crippen LogP contribution in [0.4, 0.5) is 0 Å². The zero-order chi connectivity index (χ0) is 14.0. The lowest BCUT2D eigenvalue weighted by molar-refractivity contribution is -0.136. The molecule has 0 radical (unpaired) electrons. The first-order chi connectivity index (χ1) is 9.04. The van der Waals surface area contributed by atoms with Crippen LogP contribution in [0.1, 0.15) is 29.4 Å². The van der Waals surface area contributed by atoms with Crippen LogP contribution in [0.15, 0.2) is 24.3 Å². The minimum Gasteiger partial charge on any atom is -0.481 e. The fourth-order valence-electron chi connectivity index (χ4n) is 2.33. The smallest absolute Gasteiger partial charge is 0.307 e. The quantitative estimate of drug-likeness (QED) is 0.917. The second-order valence-electron chi connectivity index (χ2n) is 4.61. The van der Waals surface area contributed by atoms with Gasteiger partial charge in [-0.05, 0) is 31.9 Å². The van der Waals surface area contributed by atoms with Crippen LogP contribution in [0.3, 0.4) is 0 Å². The van der Waals surface area contributed by atoms with E-state index in [2.05, 4.69) is 18.1 Å². The molecule has 0 spiro atoms. The summed E-state index contributed by atoms with van der Waals surface area (Å²) in [6, 6.07) is 8.07. The number of carboxylic acids is 1. The minimum absolute atomic E-state index is 0.0198. The number of aliphatic carboxylic acids is 1. The molecule has 2 rings (SSSR count). The van der Waals surface area contributed by atoms with Crippen molar-refractivity contribution in [2.75, 3.05) is 0 Å². The highest BCUT2D eigenvalue weighted by atomic mass is 16.4. The van der Waals surface area contributed by atoms with Gasteiger partial charge in [-0.2, -0.15) is 5.10 Å². The van der Waals surface area contributed by atoms with E-state index in [4.69, 9.17) is 5.11 Å². The van der Waals surface area contributed by atoms with Crippen LogP contribution in [0.5, 0.6) is 0 Å². The topological polar surface area (TPSA) is 55.1 Å². The van der Waals surface area contributed by atoms with Gasteiger partial charge in [0.15, 0.2) is 0 Å². The van der Waals surface area contributed by atoms with Gasteiger partial charge < -0.3 is 5.11 Å². The number of rotatable bonds is 4. The lowest BCUT2D eigenvalue weighted by Gasteiger charge is -2.09. The van der Waals surface area contributed by atoms with Gasteiger partial charge in [0.25, 0.3) is 0 Å². The molecule has 1 aromatic carbocycles. The molecule has 0 saturated carbocycles. The number of aromatic nitrogens is 2. The van der Waals surface area contributed by atoms with E-state index in [1.165, 1.54) is 5.56 Å². The molecule has 0 aliphatic rings. The van der Waals surface area contributed by atoms with E-state index in [0.29, 0.717) is 0 Å². The standard InChI is InChI=1S/C15H18N2O2/c1-4-12-7-5-6-8-14(12)17-11(3)13(9-15(18)19)10(2)16-17/h5-8H,4,9H2,1-3H3,(H,18,19). The van der Waals surface area contributed by atoms with E-state index in [1.807, 2.05) is 36.7 Å². The second-order valence-corrected chi connectivity index (χ2v) is 4.61. The molecule has 19 heavy (non-hydrogen) atoms. The van der Waals surface area contributed by atoms with E-state index in [0.717, 1.165) is 29.1 Å². The molecule has 0 fully saturated rings. The Hall–Kier alpha value is -2.10. The Labute approximate surface area is 112 Å². The summed E-state index contributed by atoms with van der Waals surface area (Å²) in [5, 5.41) is 13.5. The molecule has 0 atom stereocenters. The van der Waals surface area contributed by atoms with E-state index >= 15 is 0 Å². The summed E-state index contributed by atoms with van der Waals surface area (Å²) in [5.74, 6) is -0.825. The SMILES string of the molecule is CCc1ccccc1-n1nc(C)c(CC(=O)O)c1C. The maximum absolute atomic E-state index is 10.9. The molecule has 0 saturated heterocycles. The summed E-state index contributed by atoms with van der Waals surface area (Å²) in [4.78, 5) is 10.9. The summed E-state index contributed by atoms with van der Waals surface area (Å²) < 4.78 is 1.85. The normalized spacial score (nSPS) is 10.7. The average Bonchev–Trinajstić information content (AvgIpc) is 2.66. The molecule has 2 aromatic rings. The van der Waals surface area contributed by atoms with Crippen LogP contribution < -0.4 is 0 Å². The molecule has 4 nitrogen and oxygen atoms in total. The Morgan fingerprint density at radius 1 is 1.32 bits per heavy atom. The fraction of sp³-hybridized carbons (Fsp3) is 0.333. The Balaban J connectivity index is 2.55. The van der Waals surface area contributed by atoms with Crippen molar-refractivity contribution >= 4 is 5.97 Å². The number of hydrogen-bond acceptors (Lipinski definition) is 2. The molecular formula is C15H18N2O2. The largest absolute Gasteiger partial charge is 0.481 e. The summed E-state index contributed by atoms with van der Waals surface area (Å²) in [6.07, 6.45) is 0.939. The van der Waals surface area contributed by atoms with Crippen molar-refractivity contribution in [2.45, 2.75) is 33.6 Å². The van der Waals surface area contributed by atoms with Crippen LogP contribution >= 0.6 is 0 Å². The van der Waals surface area contributed by atoms with E-state index in [1.54, 1.807) is 0 Å². The van der Waals surface area contributed by atoms with E-state index < -0.39 is 5.97 Å². The summed E-state index contributed by atoms with van der Waals surface area (Å²) in [7, 11) is 0. The lowest BCUT2D eigenvalue weighted by Crippen LogP contribution is -2.05. The number of nitrogens with zero attached hydrogens (tertiary/aromatic N) is 2. The molecule has 0 bridgehead atoms. The molecule has 4 heteroatoms. The Morgan fingerprint density at radius 3 is 2.63 bits per heavy atom. The second kappa shape index (κ2) is 5.26. The monoisotopic (exact) mass is 258 g/mol. The molecule has 0 aliphatic heterocycles. The van der Waals surface area contributed by atoms with Gasteiger partial charge in [0, 0.05) is 11.3 Å². The van der Waals surface area contributed by atoms with Crippen LogP contribution in [-0.4, -0.2) is 20.9 Å². The zero-order valence-corrected chi connectivity index (χ0v) is 11.5. The Kier molecular flexibility index (Phi) is 3.69.